The van der Waals surface area contributed by atoms with E-state index in [0.717, 1.165) is 6.54 Å². The molecule has 0 saturated carbocycles. The Labute approximate surface area is 82.9 Å². The predicted molar refractivity (Wildman–Crippen MR) is 53.8 cm³/mol. The summed E-state index contributed by atoms with van der Waals surface area (Å²) in [5.41, 5.74) is 0. The van der Waals surface area contributed by atoms with Gasteiger partial charge in [-0.05, 0) is 18.7 Å². The molecule has 0 fully saturated rings. The number of hydrogen-bond acceptors (Lipinski definition) is 4. The molecule has 76 valence electrons. The summed E-state index contributed by atoms with van der Waals surface area (Å²) in [5.74, 6) is 0.445. The summed E-state index contributed by atoms with van der Waals surface area (Å²) in [7, 11) is 0. The van der Waals surface area contributed by atoms with Crippen LogP contribution in [0.4, 0.5) is 5.82 Å². The molecule has 14 heavy (non-hydrogen) atoms. The molecule has 5 heteroatoms. The SMILES string of the molecule is CCNCCC(=O)Nc1cccnn1. The number of rotatable bonds is 5. The van der Waals surface area contributed by atoms with Crippen molar-refractivity contribution in [1.29, 1.82) is 0 Å². The third kappa shape index (κ3) is 3.95. The lowest BCUT2D eigenvalue weighted by molar-refractivity contribution is -0.116. The van der Waals surface area contributed by atoms with Crippen LogP contribution in [0, 0.1) is 0 Å². The first kappa shape index (κ1) is 10.6. The lowest BCUT2D eigenvalue weighted by atomic mass is 10.4. The van der Waals surface area contributed by atoms with Gasteiger partial charge in [0, 0.05) is 19.2 Å². The van der Waals surface area contributed by atoms with E-state index in [1.807, 2.05) is 6.92 Å². The number of anilines is 1. The second-order valence-electron chi connectivity index (χ2n) is 2.76. The fraction of sp³-hybridized carbons (Fsp3) is 0.444. The first-order valence-electron chi connectivity index (χ1n) is 4.61. The number of aromatic nitrogens is 2. The van der Waals surface area contributed by atoms with Crippen molar-refractivity contribution < 1.29 is 4.79 Å². The Bertz CT molecular complexity index is 275. The lowest BCUT2D eigenvalue weighted by Crippen LogP contribution is -2.21. The van der Waals surface area contributed by atoms with Crippen molar-refractivity contribution in [3.63, 3.8) is 0 Å². The highest BCUT2D eigenvalue weighted by molar-refractivity contribution is 5.89. The van der Waals surface area contributed by atoms with Crippen LogP contribution in [-0.2, 0) is 4.79 Å². The van der Waals surface area contributed by atoms with Crippen LogP contribution in [0.2, 0.25) is 0 Å². The van der Waals surface area contributed by atoms with E-state index in [0.29, 0.717) is 18.8 Å². The predicted octanol–water partition coefficient (Wildman–Crippen LogP) is 0.415. The van der Waals surface area contributed by atoms with Crippen LogP contribution in [0.1, 0.15) is 13.3 Å². The Morgan fingerprint density at radius 3 is 3.07 bits per heavy atom. The quantitative estimate of drug-likeness (QED) is 0.666. The molecule has 1 aromatic heterocycles. The van der Waals surface area contributed by atoms with Gasteiger partial charge in [-0.1, -0.05) is 6.92 Å². The average molecular weight is 194 g/mol. The monoisotopic (exact) mass is 194 g/mol. The molecular weight excluding hydrogens is 180 g/mol. The maximum atomic E-state index is 11.3. The van der Waals surface area contributed by atoms with E-state index in [9.17, 15) is 4.79 Å². The molecule has 0 aliphatic rings. The summed E-state index contributed by atoms with van der Waals surface area (Å²) in [6.45, 7) is 3.56. The van der Waals surface area contributed by atoms with Gasteiger partial charge in [0.15, 0.2) is 5.82 Å². The van der Waals surface area contributed by atoms with Crippen LogP contribution in [0.3, 0.4) is 0 Å². The van der Waals surface area contributed by atoms with E-state index in [1.54, 1.807) is 18.3 Å². The zero-order valence-electron chi connectivity index (χ0n) is 8.16. The smallest absolute Gasteiger partial charge is 0.226 e. The molecule has 0 unspecified atom stereocenters. The minimum atomic E-state index is -0.0496. The second-order valence-corrected chi connectivity index (χ2v) is 2.76. The van der Waals surface area contributed by atoms with Gasteiger partial charge in [-0.2, -0.15) is 5.10 Å². The maximum absolute atomic E-state index is 11.3. The summed E-state index contributed by atoms with van der Waals surface area (Å²) >= 11 is 0. The number of nitrogens with zero attached hydrogens (tertiary/aromatic N) is 2. The number of carbonyl (C=O) groups excluding carboxylic acids is 1. The van der Waals surface area contributed by atoms with Crippen LogP contribution in [0.5, 0.6) is 0 Å². The molecule has 0 spiro atoms. The van der Waals surface area contributed by atoms with Crippen molar-refractivity contribution in [2.75, 3.05) is 18.4 Å². The lowest BCUT2D eigenvalue weighted by Gasteiger charge is -2.03. The minimum Gasteiger partial charge on any atom is -0.316 e. The van der Waals surface area contributed by atoms with Gasteiger partial charge in [0.1, 0.15) is 0 Å². The molecule has 0 aliphatic heterocycles. The van der Waals surface area contributed by atoms with Crippen LogP contribution < -0.4 is 10.6 Å². The first-order chi connectivity index (χ1) is 6.83. The van der Waals surface area contributed by atoms with Gasteiger partial charge in [0.2, 0.25) is 5.91 Å². The van der Waals surface area contributed by atoms with Crippen molar-refractivity contribution in [2.24, 2.45) is 0 Å². The molecule has 0 atom stereocenters. The van der Waals surface area contributed by atoms with E-state index in [-0.39, 0.29) is 5.91 Å². The van der Waals surface area contributed by atoms with Crippen molar-refractivity contribution in [1.82, 2.24) is 15.5 Å². The highest BCUT2D eigenvalue weighted by Crippen LogP contribution is 1.97. The van der Waals surface area contributed by atoms with Gasteiger partial charge in [-0.25, -0.2) is 0 Å². The Hall–Kier alpha value is -1.49. The summed E-state index contributed by atoms with van der Waals surface area (Å²) < 4.78 is 0. The summed E-state index contributed by atoms with van der Waals surface area (Å²) in [4.78, 5) is 11.3. The Kier molecular flexibility index (Phi) is 4.57. The second kappa shape index (κ2) is 6.04. The van der Waals surface area contributed by atoms with Gasteiger partial charge < -0.3 is 10.6 Å². The van der Waals surface area contributed by atoms with Gasteiger partial charge in [0.05, 0.1) is 0 Å². The molecule has 1 aromatic rings. The highest BCUT2D eigenvalue weighted by atomic mass is 16.1. The molecule has 0 bridgehead atoms. The Morgan fingerprint density at radius 2 is 2.43 bits per heavy atom. The largest absolute Gasteiger partial charge is 0.316 e. The van der Waals surface area contributed by atoms with Crippen molar-refractivity contribution in [3.05, 3.63) is 18.3 Å². The van der Waals surface area contributed by atoms with Crippen molar-refractivity contribution >= 4 is 11.7 Å². The molecule has 2 N–H and O–H groups in total. The van der Waals surface area contributed by atoms with E-state index in [2.05, 4.69) is 20.8 Å². The van der Waals surface area contributed by atoms with Crippen LogP contribution >= 0.6 is 0 Å². The number of hydrogen-bond donors (Lipinski definition) is 2. The fourth-order valence-corrected chi connectivity index (χ4v) is 0.952. The summed E-state index contributed by atoms with van der Waals surface area (Å²) in [6, 6.07) is 3.44. The highest BCUT2D eigenvalue weighted by Gasteiger charge is 2.01. The molecule has 5 nitrogen and oxygen atoms in total. The van der Waals surface area contributed by atoms with Crippen LogP contribution in [-0.4, -0.2) is 29.2 Å². The molecular formula is C9H14N4O. The van der Waals surface area contributed by atoms with Crippen molar-refractivity contribution in [3.8, 4) is 0 Å². The fourth-order valence-electron chi connectivity index (χ4n) is 0.952. The molecule has 0 saturated heterocycles. The maximum Gasteiger partial charge on any atom is 0.226 e. The third-order valence-corrected chi connectivity index (χ3v) is 1.62. The summed E-state index contributed by atoms with van der Waals surface area (Å²) in [6.07, 6.45) is 2.01. The van der Waals surface area contributed by atoms with Gasteiger partial charge >= 0.3 is 0 Å². The average Bonchev–Trinajstić information content (AvgIpc) is 2.20. The third-order valence-electron chi connectivity index (χ3n) is 1.62. The molecule has 1 rings (SSSR count). The van der Waals surface area contributed by atoms with E-state index < -0.39 is 0 Å². The molecule has 1 amide bonds. The molecule has 0 radical (unpaired) electrons. The number of amides is 1. The zero-order valence-corrected chi connectivity index (χ0v) is 8.16. The Morgan fingerprint density at radius 1 is 1.57 bits per heavy atom. The summed E-state index contributed by atoms with van der Waals surface area (Å²) in [5, 5.41) is 13.1. The minimum absolute atomic E-state index is 0.0496. The molecule has 0 aliphatic carbocycles. The van der Waals surface area contributed by atoms with Gasteiger partial charge in [-0.15, -0.1) is 5.10 Å². The van der Waals surface area contributed by atoms with E-state index in [4.69, 9.17) is 0 Å². The van der Waals surface area contributed by atoms with Crippen LogP contribution in [0.25, 0.3) is 0 Å². The molecule has 0 aromatic carbocycles. The normalized spacial score (nSPS) is 9.79. The van der Waals surface area contributed by atoms with Crippen molar-refractivity contribution in [2.45, 2.75) is 13.3 Å². The number of carbonyl (C=O) groups is 1. The number of nitrogens with one attached hydrogen (secondary N) is 2. The Balaban J connectivity index is 2.27. The van der Waals surface area contributed by atoms with Gasteiger partial charge in [0.25, 0.3) is 0 Å². The van der Waals surface area contributed by atoms with Gasteiger partial charge in [-0.3, -0.25) is 4.79 Å². The molecule has 1 heterocycles. The first-order valence-corrected chi connectivity index (χ1v) is 4.61. The topological polar surface area (TPSA) is 66.9 Å². The zero-order chi connectivity index (χ0) is 10.2. The van der Waals surface area contributed by atoms with Crippen LogP contribution in [0.15, 0.2) is 18.3 Å². The van der Waals surface area contributed by atoms with E-state index in [1.165, 1.54) is 0 Å². The van der Waals surface area contributed by atoms with E-state index >= 15 is 0 Å². The standard InChI is InChI=1S/C9H14N4O/c1-2-10-7-5-9(14)12-8-4-3-6-11-13-8/h3-4,6,10H,2,5,7H2,1H3,(H,12,13,14).